The number of amides is 3. The van der Waals surface area contributed by atoms with Gasteiger partial charge in [-0.1, -0.05) is 46.5 Å². The van der Waals surface area contributed by atoms with Crippen molar-refractivity contribution in [2.45, 2.75) is 84.6 Å². The Balaban J connectivity index is 2.82. The highest BCUT2D eigenvalue weighted by Gasteiger charge is 2.39. The molecule has 1 fully saturated rings. The van der Waals surface area contributed by atoms with Crippen LogP contribution in [0.5, 0.6) is 0 Å². The molecule has 138 valence electrons. The quantitative estimate of drug-likeness (QED) is 0.377. The van der Waals surface area contributed by atoms with E-state index in [1.165, 1.54) is 0 Å². The summed E-state index contributed by atoms with van der Waals surface area (Å²) in [5.41, 5.74) is 0. The summed E-state index contributed by atoms with van der Waals surface area (Å²) in [5.74, 6) is 5.30. The maximum Gasteiger partial charge on any atom is 0.266 e. The van der Waals surface area contributed by atoms with Crippen LogP contribution in [0.1, 0.15) is 78.6 Å². The summed E-state index contributed by atoms with van der Waals surface area (Å²) in [5, 5.41) is 0.746. The third kappa shape index (κ3) is 5.58. The third-order valence-corrected chi connectivity index (χ3v) is 4.68. The summed E-state index contributed by atoms with van der Waals surface area (Å²) in [6.45, 7) is 6.72. The van der Waals surface area contributed by atoms with E-state index in [-0.39, 0.29) is 18.2 Å². The molecule has 0 aromatic rings. The van der Waals surface area contributed by atoms with Crippen LogP contribution in [0.2, 0.25) is 0 Å². The molecule has 1 aliphatic heterocycles. The van der Waals surface area contributed by atoms with E-state index in [1.807, 2.05) is 13.8 Å². The minimum absolute atomic E-state index is 0.0114. The van der Waals surface area contributed by atoms with Gasteiger partial charge in [-0.3, -0.25) is 14.4 Å². The van der Waals surface area contributed by atoms with Crippen molar-refractivity contribution in [3.05, 3.63) is 0 Å². The number of nitrogens with zero attached hydrogens (tertiary/aromatic N) is 2. The lowest BCUT2D eigenvalue weighted by atomic mass is 10.0. The normalized spacial score (nSPS) is 18.8. The number of hydrogen-bond donors (Lipinski definition) is 1. The van der Waals surface area contributed by atoms with Crippen molar-refractivity contribution in [2.75, 3.05) is 6.54 Å². The minimum Gasteiger partial charge on any atom is -0.330 e. The van der Waals surface area contributed by atoms with Gasteiger partial charge in [0, 0.05) is 19.4 Å². The third-order valence-electron chi connectivity index (χ3n) is 4.68. The van der Waals surface area contributed by atoms with Gasteiger partial charge >= 0.3 is 0 Å². The van der Waals surface area contributed by atoms with E-state index in [1.54, 1.807) is 4.90 Å². The van der Waals surface area contributed by atoms with Crippen molar-refractivity contribution in [2.24, 2.45) is 11.8 Å². The fourth-order valence-corrected chi connectivity index (χ4v) is 3.25. The summed E-state index contributed by atoms with van der Waals surface area (Å²) in [7, 11) is 0. The SMILES string of the molecule is CCCCC(=O)N(N)C(=O)C(CCCC)N1CC(CCC)CC1=O. The smallest absolute Gasteiger partial charge is 0.266 e. The Morgan fingerprint density at radius 3 is 2.46 bits per heavy atom. The highest BCUT2D eigenvalue weighted by Crippen LogP contribution is 2.26. The zero-order valence-electron chi connectivity index (χ0n) is 15.4. The molecule has 2 atom stereocenters. The molecule has 0 aliphatic carbocycles. The molecule has 1 saturated heterocycles. The first-order chi connectivity index (χ1) is 11.5. The van der Waals surface area contributed by atoms with Gasteiger partial charge in [0.1, 0.15) is 6.04 Å². The van der Waals surface area contributed by atoms with Gasteiger partial charge in [0.25, 0.3) is 5.91 Å². The molecule has 24 heavy (non-hydrogen) atoms. The van der Waals surface area contributed by atoms with Crippen molar-refractivity contribution >= 4 is 17.7 Å². The molecule has 0 radical (unpaired) electrons. The molecule has 0 saturated carbocycles. The predicted octanol–water partition coefficient (Wildman–Crippen LogP) is 2.61. The second kappa shape index (κ2) is 10.4. The van der Waals surface area contributed by atoms with Gasteiger partial charge in [-0.05, 0) is 25.2 Å². The number of likely N-dealkylation sites (tertiary alicyclic amines) is 1. The first kappa shape index (κ1) is 20.6. The Bertz CT molecular complexity index is 439. The molecule has 0 aromatic heterocycles. The summed E-state index contributed by atoms with van der Waals surface area (Å²) >= 11 is 0. The topological polar surface area (TPSA) is 83.7 Å². The Hall–Kier alpha value is -1.43. The maximum absolute atomic E-state index is 12.7. The average molecular weight is 339 g/mol. The number of carbonyl (C=O) groups excluding carboxylic acids is 3. The number of hydrogen-bond acceptors (Lipinski definition) is 4. The first-order valence-corrected chi connectivity index (χ1v) is 9.37. The van der Waals surface area contributed by atoms with Crippen LogP contribution in [0.4, 0.5) is 0 Å². The molecular formula is C18H33N3O3. The van der Waals surface area contributed by atoms with Gasteiger partial charge in [0.15, 0.2) is 0 Å². The fourth-order valence-electron chi connectivity index (χ4n) is 3.25. The van der Waals surface area contributed by atoms with Crippen LogP contribution in [0.25, 0.3) is 0 Å². The predicted molar refractivity (Wildman–Crippen MR) is 93.6 cm³/mol. The largest absolute Gasteiger partial charge is 0.330 e. The van der Waals surface area contributed by atoms with Crippen molar-refractivity contribution in [3.63, 3.8) is 0 Å². The maximum atomic E-state index is 12.7. The number of rotatable bonds is 10. The Morgan fingerprint density at radius 1 is 1.21 bits per heavy atom. The number of imide groups is 1. The van der Waals surface area contributed by atoms with Crippen molar-refractivity contribution < 1.29 is 14.4 Å². The van der Waals surface area contributed by atoms with Crippen LogP contribution in [-0.4, -0.2) is 40.2 Å². The van der Waals surface area contributed by atoms with Crippen molar-refractivity contribution in [3.8, 4) is 0 Å². The Labute approximate surface area is 145 Å². The fraction of sp³-hybridized carbons (Fsp3) is 0.833. The molecule has 6 heteroatoms. The van der Waals surface area contributed by atoms with Crippen LogP contribution >= 0.6 is 0 Å². The van der Waals surface area contributed by atoms with Gasteiger partial charge in [-0.2, -0.15) is 0 Å². The molecule has 6 nitrogen and oxygen atoms in total. The van der Waals surface area contributed by atoms with Gasteiger partial charge in [0.2, 0.25) is 11.8 Å². The summed E-state index contributed by atoms with van der Waals surface area (Å²) in [4.78, 5) is 38.8. The monoisotopic (exact) mass is 339 g/mol. The minimum atomic E-state index is -0.602. The van der Waals surface area contributed by atoms with Crippen LogP contribution in [0, 0.1) is 5.92 Å². The number of carbonyl (C=O) groups is 3. The number of hydrazine groups is 1. The van der Waals surface area contributed by atoms with E-state index in [2.05, 4.69) is 6.92 Å². The highest BCUT2D eigenvalue weighted by molar-refractivity contribution is 5.98. The standard InChI is InChI=1S/C18H33N3O3/c1-4-7-10-15(18(24)21(19)16(22)11-8-5-2)20-13-14(9-6-3)12-17(20)23/h14-15H,4-13,19H2,1-3H3. The lowest BCUT2D eigenvalue weighted by Gasteiger charge is -2.30. The van der Waals surface area contributed by atoms with E-state index >= 15 is 0 Å². The molecule has 0 spiro atoms. The van der Waals surface area contributed by atoms with Crippen LogP contribution in [-0.2, 0) is 14.4 Å². The average Bonchev–Trinajstić information content (AvgIpc) is 2.92. The molecule has 1 aliphatic rings. The van der Waals surface area contributed by atoms with Crippen LogP contribution < -0.4 is 5.84 Å². The molecule has 2 N–H and O–H groups in total. The van der Waals surface area contributed by atoms with E-state index < -0.39 is 11.9 Å². The summed E-state index contributed by atoms with van der Waals surface area (Å²) in [6.07, 6.45) is 6.68. The molecule has 0 aromatic carbocycles. The van der Waals surface area contributed by atoms with E-state index in [4.69, 9.17) is 5.84 Å². The highest BCUT2D eigenvalue weighted by atomic mass is 16.2. The summed E-state index contributed by atoms with van der Waals surface area (Å²) < 4.78 is 0. The molecule has 3 amide bonds. The summed E-state index contributed by atoms with van der Waals surface area (Å²) in [6, 6.07) is -0.602. The Morgan fingerprint density at radius 2 is 1.88 bits per heavy atom. The van der Waals surface area contributed by atoms with E-state index in [9.17, 15) is 14.4 Å². The van der Waals surface area contributed by atoms with Crippen LogP contribution in [0.3, 0.4) is 0 Å². The molecule has 1 rings (SSSR count). The molecule has 2 unspecified atom stereocenters. The zero-order chi connectivity index (χ0) is 18.1. The molecular weight excluding hydrogens is 306 g/mol. The van der Waals surface area contributed by atoms with E-state index in [0.29, 0.717) is 31.7 Å². The second-order valence-electron chi connectivity index (χ2n) is 6.77. The van der Waals surface area contributed by atoms with Crippen LogP contribution in [0.15, 0.2) is 0 Å². The van der Waals surface area contributed by atoms with Gasteiger partial charge < -0.3 is 4.90 Å². The lowest BCUT2D eigenvalue weighted by molar-refractivity contribution is -0.152. The van der Waals surface area contributed by atoms with Gasteiger partial charge in [-0.25, -0.2) is 10.9 Å². The number of unbranched alkanes of at least 4 members (excludes halogenated alkanes) is 2. The van der Waals surface area contributed by atoms with E-state index in [0.717, 1.165) is 37.1 Å². The second-order valence-corrected chi connectivity index (χ2v) is 6.77. The Kier molecular flexibility index (Phi) is 8.97. The lowest BCUT2D eigenvalue weighted by Crippen LogP contribution is -2.54. The van der Waals surface area contributed by atoms with Gasteiger partial charge in [0.05, 0.1) is 0 Å². The zero-order valence-corrected chi connectivity index (χ0v) is 15.4. The van der Waals surface area contributed by atoms with Crippen molar-refractivity contribution in [1.82, 2.24) is 9.91 Å². The molecule has 1 heterocycles. The van der Waals surface area contributed by atoms with Crippen molar-refractivity contribution in [1.29, 1.82) is 0 Å². The number of nitrogens with two attached hydrogens (primary N) is 1. The first-order valence-electron chi connectivity index (χ1n) is 9.37. The molecule has 0 bridgehead atoms. The van der Waals surface area contributed by atoms with Gasteiger partial charge in [-0.15, -0.1) is 0 Å².